The zero-order valence-electron chi connectivity index (χ0n) is 16.9. The van der Waals surface area contributed by atoms with Crippen molar-refractivity contribution in [1.29, 1.82) is 0 Å². The second-order valence-electron chi connectivity index (χ2n) is 7.12. The number of hydrogen-bond donors (Lipinski definition) is 1. The van der Waals surface area contributed by atoms with E-state index in [0.29, 0.717) is 11.6 Å². The lowest BCUT2D eigenvalue weighted by Crippen LogP contribution is -2.36. The molecule has 3 rings (SSSR count). The fourth-order valence-corrected chi connectivity index (χ4v) is 4.33. The molecule has 1 saturated heterocycles. The molecule has 1 N–H and O–H groups in total. The summed E-state index contributed by atoms with van der Waals surface area (Å²) < 4.78 is 32.3. The third-order valence-electron chi connectivity index (χ3n) is 4.91. The monoisotopic (exact) mass is 451 g/mol. The maximum Gasteiger partial charge on any atom is 0.240 e. The van der Waals surface area contributed by atoms with Crippen molar-refractivity contribution in [3.05, 3.63) is 59.1 Å². The van der Waals surface area contributed by atoms with Crippen LogP contribution in [0.2, 0.25) is 5.02 Å². The van der Waals surface area contributed by atoms with Gasteiger partial charge in [0.25, 0.3) is 0 Å². The minimum atomic E-state index is -3.67. The maximum absolute atomic E-state index is 12.4. The van der Waals surface area contributed by atoms with Gasteiger partial charge >= 0.3 is 0 Å². The van der Waals surface area contributed by atoms with Crippen molar-refractivity contribution in [2.75, 3.05) is 44.8 Å². The van der Waals surface area contributed by atoms with Crippen molar-refractivity contribution in [2.45, 2.75) is 17.9 Å². The van der Waals surface area contributed by atoms with Crippen LogP contribution >= 0.6 is 11.6 Å². The first-order valence-electron chi connectivity index (χ1n) is 9.76. The van der Waals surface area contributed by atoms with E-state index in [1.165, 1.54) is 24.3 Å². The number of morpholine rings is 1. The lowest BCUT2D eigenvalue weighted by Gasteiger charge is -2.29. The lowest BCUT2D eigenvalue weighted by molar-refractivity contribution is -0.130. The van der Waals surface area contributed by atoms with Crippen molar-refractivity contribution < 1.29 is 17.9 Å². The van der Waals surface area contributed by atoms with E-state index in [2.05, 4.69) is 21.8 Å². The van der Waals surface area contributed by atoms with Crippen LogP contribution in [0.15, 0.2) is 53.4 Å². The van der Waals surface area contributed by atoms with Crippen LogP contribution in [-0.4, -0.2) is 59.1 Å². The maximum atomic E-state index is 12.4. The first kappa shape index (κ1) is 22.6. The number of rotatable bonds is 8. The Morgan fingerprint density at radius 3 is 2.37 bits per heavy atom. The standard InChI is InChI=1S/C21H26ClN3O4S/c1-24(16-17-2-6-19(7-3-17)25-12-14-29-15-13-25)21(26)10-11-23-30(27,28)20-8-4-18(22)5-9-20/h2-9,23H,10-16H2,1H3. The Morgan fingerprint density at radius 2 is 1.73 bits per heavy atom. The van der Waals surface area contributed by atoms with E-state index < -0.39 is 10.0 Å². The summed E-state index contributed by atoms with van der Waals surface area (Å²) in [6.07, 6.45) is 0.0786. The average molecular weight is 452 g/mol. The van der Waals surface area contributed by atoms with Gasteiger partial charge in [-0.3, -0.25) is 4.79 Å². The molecular formula is C21H26ClN3O4S. The van der Waals surface area contributed by atoms with Crippen LogP contribution in [0.25, 0.3) is 0 Å². The van der Waals surface area contributed by atoms with Gasteiger partial charge in [0.1, 0.15) is 0 Å². The summed E-state index contributed by atoms with van der Waals surface area (Å²) in [7, 11) is -1.95. The molecule has 1 aliphatic heterocycles. The van der Waals surface area contributed by atoms with E-state index in [0.717, 1.165) is 37.6 Å². The van der Waals surface area contributed by atoms with Gasteiger partial charge in [-0.25, -0.2) is 13.1 Å². The predicted octanol–water partition coefficient (Wildman–Crippen LogP) is 2.50. The van der Waals surface area contributed by atoms with Crippen LogP contribution in [0, 0.1) is 0 Å². The topological polar surface area (TPSA) is 79.0 Å². The number of anilines is 1. The predicted molar refractivity (Wildman–Crippen MR) is 117 cm³/mol. The fourth-order valence-electron chi connectivity index (χ4n) is 3.18. The number of halogens is 1. The Hall–Kier alpha value is -2.13. The third kappa shape index (κ3) is 6.18. The Labute approximate surface area is 182 Å². The third-order valence-corrected chi connectivity index (χ3v) is 6.64. The minimum absolute atomic E-state index is 0.0318. The molecule has 1 aliphatic rings. The summed E-state index contributed by atoms with van der Waals surface area (Å²) in [4.78, 5) is 16.4. The van der Waals surface area contributed by atoms with E-state index >= 15 is 0 Å². The van der Waals surface area contributed by atoms with Gasteiger partial charge in [-0.05, 0) is 42.0 Å². The smallest absolute Gasteiger partial charge is 0.240 e. The molecule has 2 aromatic carbocycles. The first-order chi connectivity index (χ1) is 14.3. The average Bonchev–Trinajstić information content (AvgIpc) is 2.75. The SMILES string of the molecule is CN(Cc1ccc(N2CCOCC2)cc1)C(=O)CCNS(=O)(=O)c1ccc(Cl)cc1. The van der Waals surface area contributed by atoms with Gasteiger partial charge in [-0.15, -0.1) is 0 Å². The Balaban J connectivity index is 1.46. The summed E-state index contributed by atoms with van der Waals surface area (Å²) in [6, 6.07) is 14.0. The normalized spacial score (nSPS) is 14.5. The molecule has 2 aromatic rings. The molecule has 0 aromatic heterocycles. The van der Waals surface area contributed by atoms with E-state index in [4.69, 9.17) is 16.3 Å². The molecule has 0 saturated carbocycles. The largest absolute Gasteiger partial charge is 0.378 e. The number of carbonyl (C=O) groups is 1. The minimum Gasteiger partial charge on any atom is -0.378 e. The molecule has 1 amide bonds. The number of sulfonamides is 1. The second-order valence-corrected chi connectivity index (χ2v) is 9.32. The Kier molecular flexibility index (Phi) is 7.71. The highest BCUT2D eigenvalue weighted by Gasteiger charge is 2.16. The molecular weight excluding hydrogens is 426 g/mol. The zero-order chi connectivity index (χ0) is 21.6. The second kappa shape index (κ2) is 10.3. The van der Waals surface area contributed by atoms with E-state index in [1.54, 1.807) is 11.9 Å². The van der Waals surface area contributed by atoms with Crippen molar-refractivity contribution in [2.24, 2.45) is 0 Å². The molecule has 0 bridgehead atoms. The lowest BCUT2D eigenvalue weighted by atomic mass is 10.1. The van der Waals surface area contributed by atoms with Crippen LogP contribution in [0.4, 0.5) is 5.69 Å². The van der Waals surface area contributed by atoms with Crippen LogP contribution in [-0.2, 0) is 26.1 Å². The first-order valence-corrected chi connectivity index (χ1v) is 11.6. The van der Waals surface area contributed by atoms with Gasteiger partial charge in [0.2, 0.25) is 15.9 Å². The van der Waals surface area contributed by atoms with Crippen molar-refractivity contribution >= 4 is 33.2 Å². The molecule has 0 spiro atoms. The van der Waals surface area contributed by atoms with Crippen LogP contribution in [0.3, 0.4) is 0 Å². The highest BCUT2D eigenvalue weighted by molar-refractivity contribution is 7.89. The molecule has 30 heavy (non-hydrogen) atoms. The molecule has 1 heterocycles. The highest BCUT2D eigenvalue weighted by atomic mass is 35.5. The van der Waals surface area contributed by atoms with Crippen LogP contribution in [0.5, 0.6) is 0 Å². The molecule has 162 valence electrons. The summed E-state index contributed by atoms with van der Waals surface area (Å²) in [5.41, 5.74) is 2.16. The number of carbonyl (C=O) groups excluding carboxylic acids is 1. The Morgan fingerprint density at radius 1 is 1.10 bits per heavy atom. The van der Waals surface area contributed by atoms with Gasteiger partial charge in [0.15, 0.2) is 0 Å². The van der Waals surface area contributed by atoms with Crippen molar-refractivity contribution in [3.8, 4) is 0 Å². The summed E-state index contributed by atoms with van der Waals surface area (Å²) >= 11 is 5.78. The molecule has 0 aliphatic carbocycles. The van der Waals surface area contributed by atoms with Gasteiger partial charge in [-0.2, -0.15) is 0 Å². The molecule has 7 nitrogen and oxygen atoms in total. The van der Waals surface area contributed by atoms with Gasteiger partial charge in [-0.1, -0.05) is 23.7 Å². The van der Waals surface area contributed by atoms with Crippen LogP contribution in [0.1, 0.15) is 12.0 Å². The van der Waals surface area contributed by atoms with Gasteiger partial charge in [0.05, 0.1) is 18.1 Å². The summed E-state index contributed by atoms with van der Waals surface area (Å²) in [6.45, 7) is 3.73. The number of amides is 1. The number of nitrogens with zero attached hydrogens (tertiary/aromatic N) is 2. The summed E-state index contributed by atoms with van der Waals surface area (Å²) in [5.74, 6) is -0.133. The number of nitrogens with one attached hydrogen (secondary N) is 1. The number of ether oxygens (including phenoxy) is 1. The van der Waals surface area contributed by atoms with E-state index in [1.807, 2.05) is 12.1 Å². The van der Waals surface area contributed by atoms with Crippen LogP contribution < -0.4 is 9.62 Å². The fraction of sp³-hybridized carbons (Fsp3) is 0.381. The molecule has 0 atom stereocenters. The van der Waals surface area contributed by atoms with Crippen molar-refractivity contribution in [3.63, 3.8) is 0 Å². The quantitative estimate of drug-likeness (QED) is 0.667. The number of benzene rings is 2. The molecule has 0 unspecified atom stereocenters. The molecule has 9 heteroatoms. The summed E-state index contributed by atoms with van der Waals surface area (Å²) in [5, 5.41) is 0.462. The Bertz CT molecular complexity index is 943. The molecule has 0 radical (unpaired) electrons. The van der Waals surface area contributed by atoms with Gasteiger partial charge < -0.3 is 14.5 Å². The highest BCUT2D eigenvalue weighted by Crippen LogP contribution is 2.18. The van der Waals surface area contributed by atoms with Crippen molar-refractivity contribution in [1.82, 2.24) is 9.62 Å². The zero-order valence-corrected chi connectivity index (χ0v) is 18.5. The molecule has 1 fully saturated rings. The van der Waals surface area contributed by atoms with E-state index in [-0.39, 0.29) is 23.8 Å². The van der Waals surface area contributed by atoms with Gasteiger partial charge in [0, 0.05) is 50.4 Å². The number of hydrogen-bond acceptors (Lipinski definition) is 5. The van der Waals surface area contributed by atoms with E-state index in [9.17, 15) is 13.2 Å².